The van der Waals surface area contributed by atoms with E-state index in [9.17, 15) is 0 Å². The van der Waals surface area contributed by atoms with Crippen molar-refractivity contribution in [3.8, 4) is 0 Å². The quantitative estimate of drug-likeness (QED) is 0.656. The van der Waals surface area contributed by atoms with Crippen LogP contribution in [0.1, 0.15) is 26.3 Å². The lowest BCUT2D eigenvalue weighted by Gasteiger charge is -1.86. The standard InChI is InChI=1S/C9H10.C2H6O.C2H6/c1-2-6-9-7-4-3-5-8-9;1-3-2;1-2/h2-8H,1H3;1-2H3;1-2H3. The molecule has 1 aromatic carbocycles. The highest BCUT2D eigenvalue weighted by molar-refractivity contribution is 5.47. The molecule has 0 aromatic heterocycles. The predicted octanol–water partition coefficient (Wildman–Crippen LogP) is 4.01. The highest BCUT2D eigenvalue weighted by Crippen LogP contribution is 1.99. The molecular formula is C13H22O. The molecule has 0 radical (unpaired) electrons. The number of benzene rings is 1. The summed E-state index contributed by atoms with van der Waals surface area (Å²) in [5.41, 5.74) is 1.26. The van der Waals surface area contributed by atoms with Gasteiger partial charge in [0.15, 0.2) is 0 Å². The maximum atomic E-state index is 4.25. The summed E-state index contributed by atoms with van der Waals surface area (Å²) in [5, 5.41) is 0. The molecule has 0 aliphatic carbocycles. The molecule has 1 heteroatoms. The van der Waals surface area contributed by atoms with Gasteiger partial charge in [-0.2, -0.15) is 0 Å². The summed E-state index contributed by atoms with van der Waals surface area (Å²) in [4.78, 5) is 0. The van der Waals surface area contributed by atoms with Crippen molar-refractivity contribution in [3.05, 3.63) is 42.0 Å². The zero-order valence-electron chi connectivity index (χ0n) is 9.95. The van der Waals surface area contributed by atoms with Crippen LogP contribution in [0.25, 0.3) is 6.08 Å². The van der Waals surface area contributed by atoms with E-state index in [2.05, 4.69) is 22.9 Å². The van der Waals surface area contributed by atoms with Gasteiger partial charge in [-0.15, -0.1) is 0 Å². The Morgan fingerprint density at radius 2 is 1.43 bits per heavy atom. The SMILES string of the molecule is CC.CC=Cc1ccccc1.COC. The van der Waals surface area contributed by atoms with E-state index in [1.54, 1.807) is 14.2 Å². The van der Waals surface area contributed by atoms with Crippen LogP contribution in [0.3, 0.4) is 0 Å². The van der Waals surface area contributed by atoms with Crippen LogP contribution < -0.4 is 0 Å². The van der Waals surface area contributed by atoms with Crippen molar-refractivity contribution in [3.63, 3.8) is 0 Å². The summed E-state index contributed by atoms with van der Waals surface area (Å²) < 4.78 is 4.25. The second-order valence-corrected chi connectivity index (χ2v) is 2.32. The van der Waals surface area contributed by atoms with Gasteiger partial charge in [0.1, 0.15) is 0 Å². The first kappa shape index (κ1) is 15.4. The number of hydrogen-bond donors (Lipinski definition) is 0. The Balaban J connectivity index is 0. The average Bonchev–Trinajstić information content (AvgIpc) is 2.24. The van der Waals surface area contributed by atoms with E-state index in [1.807, 2.05) is 45.0 Å². The number of methoxy groups -OCH3 is 1. The van der Waals surface area contributed by atoms with Gasteiger partial charge in [0.25, 0.3) is 0 Å². The normalized spacial score (nSPS) is 8.36. The first-order valence-corrected chi connectivity index (χ1v) is 4.93. The summed E-state index contributed by atoms with van der Waals surface area (Å²) in [6.07, 6.45) is 4.12. The summed E-state index contributed by atoms with van der Waals surface area (Å²) in [6, 6.07) is 10.3. The number of hydrogen-bond acceptors (Lipinski definition) is 1. The molecule has 1 rings (SSSR count). The molecule has 0 aliphatic heterocycles. The summed E-state index contributed by atoms with van der Waals surface area (Å²) in [5.74, 6) is 0. The Bertz CT molecular complexity index is 202. The van der Waals surface area contributed by atoms with Gasteiger partial charge in [-0.05, 0) is 12.5 Å². The minimum absolute atomic E-state index is 1.26. The molecule has 0 saturated heterocycles. The van der Waals surface area contributed by atoms with E-state index >= 15 is 0 Å². The van der Waals surface area contributed by atoms with Crippen molar-refractivity contribution in [1.82, 2.24) is 0 Å². The lowest BCUT2D eigenvalue weighted by molar-refractivity contribution is 0.277. The van der Waals surface area contributed by atoms with Gasteiger partial charge in [-0.25, -0.2) is 0 Å². The highest BCUT2D eigenvalue weighted by Gasteiger charge is 1.77. The Morgan fingerprint density at radius 1 is 1.00 bits per heavy atom. The molecule has 0 spiro atoms. The van der Waals surface area contributed by atoms with Gasteiger partial charge in [0, 0.05) is 14.2 Å². The zero-order valence-corrected chi connectivity index (χ0v) is 9.95. The molecule has 0 heterocycles. The van der Waals surface area contributed by atoms with Crippen molar-refractivity contribution >= 4 is 6.08 Å². The van der Waals surface area contributed by atoms with Gasteiger partial charge >= 0.3 is 0 Å². The second-order valence-electron chi connectivity index (χ2n) is 2.32. The van der Waals surface area contributed by atoms with Crippen LogP contribution in [0.4, 0.5) is 0 Å². The average molecular weight is 194 g/mol. The van der Waals surface area contributed by atoms with Crippen molar-refractivity contribution < 1.29 is 4.74 Å². The van der Waals surface area contributed by atoms with E-state index in [0.29, 0.717) is 0 Å². The van der Waals surface area contributed by atoms with Gasteiger partial charge in [-0.1, -0.05) is 56.3 Å². The van der Waals surface area contributed by atoms with Crippen molar-refractivity contribution in [2.75, 3.05) is 14.2 Å². The fourth-order valence-corrected chi connectivity index (χ4v) is 0.757. The van der Waals surface area contributed by atoms with Crippen molar-refractivity contribution in [2.45, 2.75) is 20.8 Å². The molecule has 0 atom stereocenters. The molecular weight excluding hydrogens is 172 g/mol. The number of rotatable bonds is 1. The molecule has 0 fully saturated rings. The zero-order chi connectivity index (χ0) is 11.2. The smallest absolute Gasteiger partial charge is 0.0351 e. The Kier molecular flexibility index (Phi) is 15.9. The van der Waals surface area contributed by atoms with Crippen LogP contribution in [0, 0.1) is 0 Å². The Morgan fingerprint density at radius 3 is 1.79 bits per heavy atom. The van der Waals surface area contributed by atoms with Crippen molar-refractivity contribution in [2.24, 2.45) is 0 Å². The van der Waals surface area contributed by atoms with Gasteiger partial charge < -0.3 is 4.74 Å². The first-order valence-electron chi connectivity index (χ1n) is 4.93. The molecule has 0 N–H and O–H groups in total. The van der Waals surface area contributed by atoms with Crippen LogP contribution in [0.5, 0.6) is 0 Å². The van der Waals surface area contributed by atoms with Gasteiger partial charge in [0.05, 0.1) is 0 Å². The highest BCUT2D eigenvalue weighted by atomic mass is 16.4. The molecule has 0 bridgehead atoms. The number of allylic oxidation sites excluding steroid dienone is 1. The third kappa shape index (κ3) is 10.9. The van der Waals surface area contributed by atoms with Crippen LogP contribution >= 0.6 is 0 Å². The first-order chi connectivity index (χ1) is 6.85. The topological polar surface area (TPSA) is 9.23 Å². The van der Waals surface area contributed by atoms with E-state index in [4.69, 9.17) is 0 Å². The van der Waals surface area contributed by atoms with Crippen LogP contribution in [-0.4, -0.2) is 14.2 Å². The summed E-state index contributed by atoms with van der Waals surface area (Å²) in [6.45, 7) is 6.02. The fraction of sp³-hybridized carbons (Fsp3) is 0.385. The Hall–Kier alpha value is -1.08. The Labute approximate surface area is 88.4 Å². The van der Waals surface area contributed by atoms with Crippen LogP contribution in [0.2, 0.25) is 0 Å². The minimum Gasteiger partial charge on any atom is -0.388 e. The van der Waals surface area contributed by atoms with E-state index < -0.39 is 0 Å². The maximum absolute atomic E-state index is 4.25. The molecule has 1 aromatic rings. The van der Waals surface area contributed by atoms with Gasteiger partial charge in [-0.3, -0.25) is 0 Å². The van der Waals surface area contributed by atoms with E-state index in [1.165, 1.54) is 5.56 Å². The second kappa shape index (κ2) is 14.4. The van der Waals surface area contributed by atoms with Crippen LogP contribution in [0.15, 0.2) is 36.4 Å². The fourth-order valence-electron chi connectivity index (χ4n) is 0.757. The monoisotopic (exact) mass is 194 g/mol. The molecule has 0 saturated carbocycles. The summed E-state index contributed by atoms with van der Waals surface area (Å²) in [7, 11) is 3.25. The van der Waals surface area contributed by atoms with E-state index in [-0.39, 0.29) is 0 Å². The lowest BCUT2D eigenvalue weighted by atomic mass is 10.2. The van der Waals surface area contributed by atoms with Crippen molar-refractivity contribution in [1.29, 1.82) is 0 Å². The molecule has 0 amide bonds. The molecule has 14 heavy (non-hydrogen) atoms. The largest absolute Gasteiger partial charge is 0.388 e. The third-order valence-electron chi connectivity index (χ3n) is 1.16. The van der Waals surface area contributed by atoms with Gasteiger partial charge in [0.2, 0.25) is 0 Å². The molecule has 0 aliphatic rings. The lowest BCUT2D eigenvalue weighted by Crippen LogP contribution is -1.65. The molecule has 80 valence electrons. The number of ether oxygens (including phenoxy) is 1. The van der Waals surface area contributed by atoms with Crippen LogP contribution in [-0.2, 0) is 4.74 Å². The minimum atomic E-state index is 1.26. The predicted molar refractivity (Wildman–Crippen MR) is 65.4 cm³/mol. The third-order valence-corrected chi connectivity index (χ3v) is 1.16. The molecule has 0 unspecified atom stereocenters. The summed E-state index contributed by atoms with van der Waals surface area (Å²) >= 11 is 0. The maximum Gasteiger partial charge on any atom is 0.0351 e. The molecule has 1 nitrogen and oxygen atoms in total. The van der Waals surface area contributed by atoms with E-state index in [0.717, 1.165) is 0 Å².